The minimum Gasteiger partial charge on any atom is -0.396 e. The Bertz CT molecular complexity index is 249. The van der Waals surface area contributed by atoms with Crippen molar-refractivity contribution < 1.29 is 10.2 Å². The highest BCUT2D eigenvalue weighted by Crippen LogP contribution is 2.38. The van der Waals surface area contributed by atoms with E-state index in [9.17, 15) is 10.2 Å². The third-order valence-corrected chi connectivity index (χ3v) is 6.45. The zero-order valence-corrected chi connectivity index (χ0v) is 17.0. The molecule has 150 valence electrons. The van der Waals surface area contributed by atoms with Gasteiger partial charge in [-0.05, 0) is 31.1 Å². The molecular weight excluding hydrogens is 308 g/mol. The Morgan fingerprint density at radius 2 is 0.640 bits per heavy atom. The van der Waals surface area contributed by atoms with Crippen LogP contribution in [0.5, 0.6) is 0 Å². The van der Waals surface area contributed by atoms with Gasteiger partial charge in [-0.2, -0.15) is 0 Å². The molecule has 1 rings (SSSR count). The van der Waals surface area contributed by atoms with Crippen LogP contribution in [0.2, 0.25) is 0 Å². The van der Waals surface area contributed by atoms with Crippen molar-refractivity contribution in [2.75, 3.05) is 13.2 Å². The quantitative estimate of drug-likeness (QED) is 0.584. The first-order valence-electron chi connectivity index (χ1n) is 11.5. The predicted molar refractivity (Wildman–Crippen MR) is 109 cm³/mol. The monoisotopic (exact) mass is 354 g/mol. The minimum absolute atomic E-state index is 0.201. The predicted octanol–water partition coefficient (Wildman–Crippen LogP) is 6.77. The average Bonchev–Trinajstić information content (AvgIpc) is 2.60. The molecule has 25 heavy (non-hydrogen) atoms. The molecule has 0 aromatic rings. The van der Waals surface area contributed by atoms with E-state index in [-0.39, 0.29) is 18.6 Å². The Balaban J connectivity index is 2.43. The van der Waals surface area contributed by atoms with E-state index in [0.29, 0.717) is 0 Å². The van der Waals surface area contributed by atoms with Crippen LogP contribution >= 0.6 is 0 Å². The summed E-state index contributed by atoms with van der Waals surface area (Å²) in [5.41, 5.74) is 0.201. The summed E-state index contributed by atoms with van der Waals surface area (Å²) in [5, 5.41) is 19.1. The first kappa shape index (κ1) is 23.0. The fourth-order valence-corrected chi connectivity index (χ4v) is 4.70. The highest BCUT2D eigenvalue weighted by Gasteiger charge is 2.27. The molecule has 0 heterocycles. The number of rotatable bonds is 4. The molecule has 0 radical (unpaired) electrons. The highest BCUT2D eigenvalue weighted by atomic mass is 16.3. The molecule has 1 fully saturated rings. The van der Waals surface area contributed by atoms with E-state index < -0.39 is 0 Å². The van der Waals surface area contributed by atoms with E-state index in [4.69, 9.17) is 0 Å². The molecule has 2 heteroatoms. The van der Waals surface area contributed by atoms with E-state index in [1.54, 1.807) is 0 Å². The van der Waals surface area contributed by atoms with Gasteiger partial charge in [-0.3, -0.25) is 0 Å². The van der Waals surface area contributed by atoms with Gasteiger partial charge in [0.2, 0.25) is 0 Å². The topological polar surface area (TPSA) is 40.5 Å². The lowest BCUT2D eigenvalue weighted by Crippen LogP contribution is -2.24. The zero-order chi connectivity index (χ0) is 18.1. The van der Waals surface area contributed by atoms with Crippen LogP contribution in [0.25, 0.3) is 0 Å². The fourth-order valence-electron chi connectivity index (χ4n) is 4.70. The number of aliphatic hydroxyl groups is 2. The van der Waals surface area contributed by atoms with Crippen LogP contribution in [0.15, 0.2) is 0 Å². The minimum atomic E-state index is 0.201. The zero-order valence-electron chi connectivity index (χ0n) is 17.0. The maximum Gasteiger partial charge on any atom is 0.0436 e. The van der Waals surface area contributed by atoms with E-state index in [1.807, 2.05) is 0 Å². The standard InChI is InChI=1S/C23H46O2/c24-21-19-23(20-22-25)17-15-13-11-9-7-5-3-1-2-4-6-8-10-12-14-16-18-23/h24-25H,1-22H2. The van der Waals surface area contributed by atoms with Gasteiger partial charge in [0.1, 0.15) is 0 Å². The molecular formula is C23H46O2. The van der Waals surface area contributed by atoms with Gasteiger partial charge in [0.05, 0.1) is 0 Å². The van der Waals surface area contributed by atoms with Gasteiger partial charge in [0.25, 0.3) is 0 Å². The van der Waals surface area contributed by atoms with Gasteiger partial charge in [-0.15, -0.1) is 0 Å². The molecule has 1 aliphatic carbocycles. The van der Waals surface area contributed by atoms with Crippen LogP contribution in [0.3, 0.4) is 0 Å². The van der Waals surface area contributed by atoms with Crippen LogP contribution < -0.4 is 0 Å². The fraction of sp³-hybridized carbons (Fsp3) is 1.00. The number of hydrogen-bond donors (Lipinski definition) is 2. The maximum absolute atomic E-state index is 9.55. The maximum atomic E-state index is 9.55. The lowest BCUT2D eigenvalue weighted by atomic mass is 9.73. The Morgan fingerprint density at radius 3 is 0.880 bits per heavy atom. The molecule has 0 aliphatic heterocycles. The molecule has 1 saturated carbocycles. The van der Waals surface area contributed by atoms with E-state index in [0.717, 1.165) is 12.8 Å². The third kappa shape index (κ3) is 12.0. The van der Waals surface area contributed by atoms with Crippen molar-refractivity contribution in [3.63, 3.8) is 0 Å². The normalized spacial score (nSPS) is 23.3. The Morgan fingerprint density at radius 1 is 0.400 bits per heavy atom. The second-order valence-electron chi connectivity index (χ2n) is 8.60. The third-order valence-electron chi connectivity index (χ3n) is 6.45. The molecule has 0 spiro atoms. The van der Waals surface area contributed by atoms with Crippen molar-refractivity contribution in [3.8, 4) is 0 Å². The summed E-state index contributed by atoms with van der Waals surface area (Å²) in [6.07, 6.45) is 26.4. The molecule has 2 nitrogen and oxygen atoms in total. The van der Waals surface area contributed by atoms with Gasteiger partial charge in [-0.1, -0.05) is 103 Å². The smallest absolute Gasteiger partial charge is 0.0436 e. The van der Waals surface area contributed by atoms with Gasteiger partial charge in [-0.25, -0.2) is 0 Å². The van der Waals surface area contributed by atoms with Crippen molar-refractivity contribution in [2.24, 2.45) is 5.41 Å². The van der Waals surface area contributed by atoms with E-state index in [2.05, 4.69) is 0 Å². The number of aliphatic hydroxyl groups excluding tert-OH is 2. The summed E-state index contributed by atoms with van der Waals surface area (Å²) < 4.78 is 0. The van der Waals surface area contributed by atoms with Gasteiger partial charge >= 0.3 is 0 Å². The van der Waals surface area contributed by atoms with Crippen LogP contribution in [0.1, 0.15) is 128 Å². The average molecular weight is 355 g/mol. The van der Waals surface area contributed by atoms with E-state index in [1.165, 1.54) is 116 Å². The molecule has 0 unspecified atom stereocenters. The van der Waals surface area contributed by atoms with Crippen LogP contribution in [0.4, 0.5) is 0 Å². The first-order valence-corrected chi connectivity index (χ1v) is 11.5. The largest absolute Gasteiger partial charge is 0.396 e. The second kappa shape index (κ2) is 16.1. The molecule has 1 aliphatic rings. The molecule has 0 atom stereocenters. The van der Waals surface area contributed by atoms with Crippen LogP contribution in [-0.4, -0.2) is 23.4 Å². The summed E-state index contributed by atoms with van der Waals surface area (Å²) in [5.74, 6) is 0. The van der Waals surface area contributed by atoms with Crippen molar-refractivity contribution in [3.05, 3.63) is 0 Å². The molecule has 2 N–H and O–H groups in total. The highest BCUT2D eigenvalue weighted by molar-refractivity contribution is 4.79. The van der Waals surface area contributed by atoms with Crippen LogP contribution in [-0.2, 0) is 0 Å². The number of hydrogen-bond acceptors (Lipinski definition) is 2. The van der Waals surface area contributed by atoms with Crippen LogP contribution in [0, 0.1) is 5.41 Å². The molecule has 0 amide bonds. The molecule has 0 aromatic carbocycles. The molecule has 0 bridgehead atoms. The van der Waals surface area contributed by atoms with Crippen molar-refractivity contribution in [2.45, 2.75) is 128 Å². The lowest BCUT2D eigenvalue weighted by Gasteiger charge is -2.33. The SMILES string of the molecule is OCCC1(CCO)CCCCCCCCCCCCCCCCCC1. The summed E-state index contributed by atoms with van der Waals surface area (Å²) >= 11 is 0. The summed E-state index contributed by atoms with van der Waals surface area (Å²) in [7, 11) is 0. The summed E-state index contributed by atoms with van der Waals surface area (Å²) in [6.45, 7) is 0.556. The lowest BCUT2D eigenvalue weighted by molar-refractivity contribution is 0.108. The Kier molecular flexibility index (Phi) is 14.8. The molecule has 0 aromatic heterocycles. The second-order valence-corrected chi connectivity index (χ2v) is 8.60. The van der Waals surface area contributed by atoms with Crippen molar-refractivity contribution >= 4 is 0 Å². The first-order chi connectivity index (χ1) is 12.3. The summed E-state index contributed by atoms with van der Waals surface area (Å²) in [6, 6.07) is 0. The van der Waals surface area contributed by atoms with Crippen molar-refractivity contribution in [1.29, 1.82) is 0 Å². The molecule has 0 saturated heterocycles. The van der Waals surface area contributed by atoms with Gasteiger partial charge in [0.15, 0.2) is 0 Å². The van der Waals surface area contributed by atoms with Crippen molar-refractivity contribution in [1.82, 2.24) is 0 Å². The Labute approximate surface area is 157 Å². The van der Waals surface area contributed by atoms with E-state index >= 15 is 0 Å². The summed E-state index contributed by atoms with van der Waals surface area (Å²) in [4.78, 5) is 0. The van der Waals surface area contributed by atoms with Gasteiger partial charge < -0.3 is 10.2 Å². The van der Waals surface area contributed by atoms with Gasteiger partial charge in [0, 0.05) is 13.2 Å². The Hall–Kier alpha value is -0.0800.